The first-order valence-electron chi connectivity index (χ1n) is 5.53. The zero-order chi connectivity index (χ0) is 12.8. The van der Waals surface area contributed by atoms with Gasteiger partial charge in [0.05, 0.1) is 6.04 Å². The van der Waals surface area contributed by atoms with Crippen LogP contribution in [0.3, 0.4) is 0 Å². The highest BCUT2D eigenvalue weighted by Gasteiger charge is 2.22. The van der Waals surface area contributed by atoms with Crippen molar-refractivity contribution in [1.29, 1.82) is 0 Å². The highest BCUT2D eigenvalue weighted by atomic mass is 16.4. The minimum absolute atomic E-state index is 0.0225. The van der Waals surface area contributed by atoms with Crippen LogP contribution in [0.15, 0.2) is 0 Å². The van der Waals surface area contributed by atoms with Crippen molar-refractivity contribution < 1.29 is 19.5 Å². The fourth-order valence-corrected chi connectivity index (χ4v) is 1.57. The first-order chi connectivity index (χ1) is 7.99. The summed E-state index contributed by atoms with van der Waals surface area (Å²) in [5.74, 6) is -1.36. The molecule has 1 rings (SSSR count). The van der Waals surface area contributed by atoms with Gasteiger partial charge < -0.3 is 21.5 Å². The van der Waals surface area contributed by atoms with Gasteiger partial charge in [0.1, 0.15) is 0 Å². The molecule has 0 aromatic rings. The Bertz CT molecular complexity index is 309. The van der Waals surface area contributed by atoms with Crippen molar-refractivity contribution in [2.24, 2.45) is 5.73 Å². The number of carbonyl (C=O) groups is 3. The molecule has 2 amide bonds. The molecular weight excluding hydrogens is 226 g/mol. The van der Waals surface area contributed by atoms with Crippen LogP contribution in [0, 0.1) is 0 Å². The van der Waals surface area contributed by atoms with Crippen molar-refractivity contribution >= 4 is 17.8 Å². The van der Waals surface area contributed by atoms with Gasteiger partial charge in [-0.2, -0.15) is 0 Å². The second-order valence-electron chi connectivity index (χ2n) is 4.09. The van der Waals surface area contributed by atoms with E-state index in [4.69, 9.17) is 10.8 Å². The highest BCUT2D eigenvalue weighted by Crippen LogP contribution is 2.03. The van der Waals surface area contributed by atoms with Gasteiger partial charge in [0, 0.05) is 25.4 Å². The average Bonchev–Trinajstić information content (AvgIpc) is 2.28. The van der Waals surface area contributed by atoms with Crippen molar-refractivity contribution in [2.75, 3.05) is 6.54 Å². The quantitative estimate of drug-likeness (QED) is 0.472. The molecule has 0 aromatic heterocycles. The SMILES string of the molecule is NC(CCC(=O)O)C(=O)NC1CCC(=O)NC1. The van der Waals surface area contributed by atoms with Crippen molar-refractivity contribution in [3.63, 3.8) is 0 Å². The maximum Gasteiger partial charge on any atom is 0.303 e. The summed E-state index contributed by atoms with van der Waals surface area (Å²) in [4.78, 5) is 32.8. The Balaban J connectivity index is 2.28. The number of nitrogens with two attached hydrogens (primary N) is 1. The Morgan fingerprint density at radius 3 is 2.82 bits per heavy atom. The van der Waals surface area contributed by atoms with Gasteiger partial charge in [0.25, 0.3) is 0 Å². The van der Waals surface area contributed by atoms with E-state index < -0.39 is 12.0 Å². The molecule has 2 atom stereocenters. The van der Waals surface area contributed by atoms with Crippen LogP contribution in [0.2, 0.25) is 0 Å². The summed E-state index contributed by atoms with van der Waals surface area (Å²) in [5, 5.41) is 13.8. The van der Waals surface area contributed by atoms with Crippen LogP contribution in [0.5, 0.6) is 0 Å². The van der Waals surface area contributed by atoms with Crippen LogP contribution in [-0.4, -0.2) is 41.5 Å². The van der Waals surface area contributed by atoms with Gasteiger partial charge in [-0.3, -0.25) is 14.4 Å². The number of aliphatic carboxylic acids is 1. The van der Waals surface area contributed by atoms with Gasteiger partial charge in [0.2, 0.25) is 11.8 Å². The molecule has 2 unspecified atom stereocenters. The second-order valence-corrected chi connectivity index (χ2v) is 4.09. The molecule has 1 saturated heterocycles. The lowest BCUT2D eigenvalue weighted by Gasteiger charge is -2.24. The van der Waals surface area contributed by atoms with Crippen LogP contribution in [0.1, 0.15) is 25.7 Å². The molecule has 1 aliphatic rings. The van der Waals surface area contributed by atoms with Crippen molar-refractivity contribution in [2.45, 2.75) is 37.8 Å². The van der Waals surface area contributed by atoms with E-state index in [0.717, 1.165) is 0 Å². The van der Waals surface area contributed by atoms with E-state index in [-0.39, 0.29) is 30.7 Å². The lowest BCUT2D eigenvalue weighted by Crippen LogP contribution is -2.52. The summed E-state index contributed by atoms with van der Waals surface area (Å²) in [7, 11) is 0. The van der Waals surface area contributed by atoms with Crippen LogP contribution in [-0.2, 0) is 14.4 Å². The predicted molar refractivity (Wildman–Crippen MR) is 59.0 cm³/mol. The summed E-state index contributed by atoms with van der Waals surface area (Å²) in [6, 6.07) is -0.931. The van der Waals surface area contributed by atoms with Gasteiger partial charge in [-0.15, -0.1) is 0 Å². The molecule has 1 aliphatic heterocycles. The Morgan fingerprint density at radius 1 is 1.59 bits per heavy atom. The predicted octanol–water partition coefficient (Wildman–Crippen LogP) is -1.43. The Kier molecular flexibility index (Phi) is 4.89. The average molecular weight is 243 g/mol. The Labute approximate surface area is 98.7 Å². The number of rotatable bonds is 5. The lowest BCUT2D eigenvalue weighted by molar-refractivity contribution is -0.137. The Morgan fingerprint density at radius 2 is 2.29 bits per heavy atom. The maximum absolute atomic E-state index is 11.6. The molecule has 96 valence electrons. The normalized spacial score (nSPS) is 21.5. The molecule has 0 aliphatic carbocycles. The van der Waals surface area contributed by atoms with Crippen LogP contribution in [0.25, 0.3) is 0 Å². The molecule has 0 saturated carbocycles. The van der Waals surface area contributed by atoms with E-state index in [1.54, 1.807) is 0 Å². The first-order valence-corrected chi connectivity index (χ1v) is 5.53. The summed E-state index contributed by atoms with van der Waals surface area (Å²) < 4.78 is 0. The Hall–Kier alpha value is -1.63. The molecule has 1 heterocycles. The molecule has 7 nitrogen and oxygen atoms in total. The number of amides is 2. The van der Waals surface area contributed by atoms with Crippen molar-refractivity contribution in [3.8, 4) is 0 Å². The van der Waals surface area contributed by atoms with E-state index >= 15 is 0 Å². The van der Waals surface area contributed by atoms with Crippen LogP contribution in [0.4, 0.5) is 0 Å². The largest absolute Gasteiger partial charge is 0.481 e. The van der Waals surface area contributed by atoms with E-state index in [1.165, 1.54) is 0 Å². The summed E-state index contributed by atoms with van der Waals surface area (Å²) >= 11 is 0. The zero-order valence-electron chi connectivity index (χ0n) is 9.44. The van der Waals surface area contributed by atoms with Crippen molar-refractivity contribution in [1.82, 2.24) is 10.6 Å². The number of hydrogen-bond donors (Lipinski definition) is 4. The third-order valence-corrected chi connectivity index (χ3v) is 2.62. The fourth-order valence-electron chi connectivity index (χ4n) is 1.57. The molecule has 7 heteroatoms. The molecule has 0 spiro atoms. The monoisotopic (exact) mass is 243 g/mol. The number of carbonyl (C=O) groups excluding carboxylic acids is 2. The smallest absolute Gasteiger partial charge is 0.303 e. The van der Waals surface area contributed by atoms with Gasteiger partial charge in [-0.05, 0) is 12.8 Å². The topological polar surface area (TPSA) is 122 Å². The van der Waals surface area contributed by atoms with Crippen LogP contribution < -0.4 is 16.4 Å². The summed E-state index contributed by atoms with van der Waals surface area (Å²) in [5.41, 5.74) is 5.55. The van der Waals surface area contributed by atoms with Gasteiger partial charge in [-0.25, -0.2) is 0 Å². The molecular formula is C10H17N3O4. The minimum atomic E-state index is -0.974. The first kappa shape index (κ1) is 13.4. The molecule has 5 N–H and O–H groups in total. The number of carboxylic acids is 1. The molecule has 0 bridgehead atoms. The van der Waals surface area contributed by atoms with Crippen LogP contribution >= 0.6 is 0 Å². The second kappa shape index (κ2) is 6.19. The standard InChI is InChI=1S/C10H17N3O4/c11-7(2-4-9(15)16)10(17)13-6-1-3-8(14)12-5-6/h6-7H,1-5,11H2,(H,12,14)(H,13,17)(H,15,16). The summed E-state index contributed by atoms with van der Waals surface area (Å²) in [6.45, 7) is 0.399. The van der Waals surface area contributed by atoms with E-state index in [9.17, 15) is 14.4 Å². The van der Waals surface area contributed by atoms with Gasteiger partial charge >= 0.3 is 5.97 Å². The number of piperidine rings is 1. The maximum atomic E-state index is 11.6. The van der Waals surface area contributed by atoms with Gasteiger partial charge in [0.15, 0.2) is 0 Å². The molecule has 17 heavy (non-hydrogen) atoms. The van der Waals surface area contributed by atoms with E-state index in [0.29, 0.717) is 19.4 Å². The lowest BCUT2D eigenvalue weighted by atomic mass is 10.1. The zero-order valence-corrected chi connectivity index (χ0v) is 9.44. The van der Waals surface area contributed by atoms with E-state index in [2.05, 4.69) is 10.6 Å². The third-order valence-electron chi connectivity index (χ3n) is 2.62. The highest BCUT2D eigenvalue weighted by molar-refractivity contribution is 5.83. The fraction of sp³-hybridized carbons (Fsp3) is 0.700. The molecule has 0 radical (unpaired) electrons. The third kappa shape index (κ3) is 4.81. The number of carboxylic acid groups (broad SMARTS) is 1. The van der Waals surface area contributed by atoms with Crippen molar-refractivity contribution in [3.05, 3.63) is 0 Å². The summed E-state index contributed by atoms with van der Waals surface area (Å²) in [6.07, 6.45) is 0.953. The number of nitrogens with one attached hydrogen (secondary N) is 2. The van der Waals surface area contributed by atoms with E-state index in [1.807, 2.05) is 0 Å². The molecule has 1 fully saturated rings. The molecule has 0 aromatic carbocycles. The number of hydrogen-bond acceptors (Lipinski definition) is 4. The van der Waals surface area contributed by atoms with Gasteiger partial charge in [-0.1, -0.05) is 0 Å². The minimum Gasteiger partial charge on any atom is -0.481 e.